The van der Waals surface area contributed by atoms with Gasteiger partial charge in [0, 0.05) is 42.2 Å². The maximum absolute atomic E-state index is 13.7. The molecule has 1 amide bonds. The first-order valence-electron chi connectivity index (χ1n) is 12.9. The van der Waals surface area contributed by atoms with Crippen LogP contribution in [0.25, 0.3) is 0 Å². The number of carbonyl (C=O) groups is 2. The summed E-state index contributed by atoms with van der Waals surface area (Å²) in [6.45, 7) is 9.41. The molecule has 1 heterocycles. The van der Waals surface area contributed by atoms with Crippen molar-refractivity contribution in [1.29, 1.82) is 0 Å². The van der Waals surface area contributed by atoms with Gasteiger partial charge >= 0.3 is 5.97 Å². The summed E-state index contributed by atoms with van der Waals surface area (Å²) >= 11 is 6.76. The molecule has 3 aliphatic carbocycles. The summed E-state index contributed by atoms with van der Waals surface area (Å²) in [4.78, 5) is 27.6. The highest BCUT2D eigenvalue weighted by Gasteiger charge is 2.95. The SMILES string of the molecule is COCCC1=CN(C23CCC4(C(=O)O)CC42C3)C(=O)C[C@@]1(C)c1ccc(CCC(C)(C)C)c(Cl)c1. The van der Waals surface area contributed by atoms with E-state index >= 15 is 0 Å². The van der Waals surface area contributed by atoms with E-state index in [0.717, 1.165) is 47.4 Å². The highest BCUT2D eigenvalue weighted by molar-refractivity contribution is 6.31. The summed E-state index contributed by atoms with van der Waals surface area (Å²) in [7, 11) is 1.70. The normalized spacial score (nSPS) is 35.4. The Hall–Kier alpha value is -1.85. The van der Waals surface area contributed by atoms with Crippen LogP contribution in [0.5, 0.6) is 0 Å². The van der Waals surface area contributed by atoms with Gasteiger partial charge in [-0.3, -0.25) is 9.59 Å². The van der Waals surface area contributed by atoms with Crippen LogP contribution >= 0.6 is 11.6 Å². The van der Waals surface area contributed by atoms with Gasteiger partial charge in [0.2, 0.25) is 5.91 Å². The summed E-state index contributed by atoms with van der Waals surface area (Å²) in [5.74, 6) is -0.595. The Balaban J connectivity index is 1.46. The molecule has 3 saturated carbocycles. The predicted molar refractivity (Wildman–Crippen MR) is 136 cm³/mol. The van der Waals surface area contributed by atoms with E-state index < -0.39 is 16.8 Å². The molecule has 1 aromatic rings. The van der Waals surface area contributed by atoms with Crippen LogP contribution < -0.4 is 0 Å². The van der Waals surface area contributed by atoms with Gasteiger partial charge in [-0.1, -0.05) is 51.4 Å². The van der Waals surface area contributed by atoms with Crippen molar-refractivity contribution in [3.05, 3.63) is 46.1 Å². The second kappa shape index (κ2) is 7.82. The maximum Gasteiger partial charge on any atom is 0.310 e. The van der Waals surface area contributed by atoms with Crippen LogP contribution in [0.2, 0.25) is 5.02 Å². The number of amides is 1. The summed E-state index contributed by atoms with van der Waals surface area (Å²) in [5.41, 5.74) is 1.99. The smallest absolute Gasteiger partial charge is 0.310 e. The average Bonchev–Trinajstić information content (AvgIpc) is 3.63. The molecule has 1 aromatic carbocycles. The first-order valence-corrected chi connectivity index (χ1v) is 13.3. The van der Waals surface area contributed by atoms with E-state index in [4.69, 9.17) is 16.3 Å². The lowest BCUT2D eigenvalue weighted by molar-refractivity contribution is -0.144. The highest BCUT2D eigenvalue weighted by atomic mass is 35.5. The number of hydrogen-bond acceptors (Lipinski definition) is 3. The zero-order chi connectivity index (χ0) is 25.4. The molecule has 1 spiro atoms. The van der Waals surface area contributed by atoms with Gasteiger partial charge in [-0.15, -0.1) is 0 Å². The van der Waals surface area contributed by atoms with Crippen LogP contribution in [0, 0.1) is 16.2 Å². The molecule has 4 atom stereocenters. The van der Waals surface area contributed by atoms with Crippen LogP contribution in [0.4, 0.5) is 0 Å². The lowest BCUT2D eigenvalue weighted by Gasteiger charge is -2.42. The van der Waals surface area contributed by atoms with Gasteiger partial charge in [0.1, 0.15) is 0 Å². The van der Waals surface area contributed by atoms with Crippen molar-refractivity contribution >= 4 is 23.5 Å². The first-order chi connectivity index (χ1) is 16.3. The van der Waals surface area contributed by atoms with Gasteiger partial charge in [0.15, 0.2) is 0 Å². The van der Waals surface area contributed by atoms with Crippen molar-refractivity contribution in [3.63, 3.8) is 0 Å². The number of benzene rings is 1. The van der Waals surface area contributed by atoms with E-state index in [-0.39, 0.29) is 22.3 Å². The third-order valence-corrected chi connectivity index (χ3v) is 10.1. The molecular weight excluding hydrogens is 462 g/mol. The second-order valence-electron chi connectivity index (χ2n) is 12.9. The molecule has 0 radical (unpaired) electrons. The fourth-order valence-electron chi connectivity index (χ4n) is 7.34. The predicted octanol–water partition coefficient (Wildman–Crippen LogP) is 6.13. The van der Waals surface area contributed by atoms with Gasteiger partial charge in [-0.2, -0.15) is 0 Å². The molecule has 0 bridgehead atoms. The molecule has 5 rings (SSSR count). The van der Waals surface area contributed by atoms with Crippen LogP contribution in [0.3, 0.4) is 0 Å². The molecule has 3 fully saturated rings. The first kappa shape index (κ1) is 24.8. The van der Waals surface area contributed by atoms with Crippen molar-refractivity contribution in [2.75, 3.05) is 13.7 Å². The van der Waals surface area contributed by atoms with Crippen molar-refractivity contribution < 1.29 is 19.4 Å². The quantitative estimate of drug-likeness (QED) is 0.467. The van der Waals surface area contributed by atoms with Gasteiger partial charge in [0.05, 0.1) is 11.0 Å². The van der Waals surface area contributed by atoms with E-state index in [1.807, 2.05) is 11.0 Å². The largest absolute Gasteiger partial charge is 0.481 e. The third kappa shape index (κ3) is 3.52. The number of carboxylic acid groups (broad SMARTS) is 1. The second-order valence-corrected chi connectivity index (χ2v) is 13.3. The number of ether oxygens (including phenoxy) is 1. The number of nitrogens with zero attached hydrogens (tertiary/aromatic N) is 1. The van der Waals surface area contributed by atoms with E-state index in [2.05, 4.69) is 46.0 Å². The third-order valence-electron chi connectivity index (χ3n) is 9.77. The molecular formula is C29H38ClNO4. The topological polar surface area (TPSA) is 66.8 Å². The monoisotopic (exact) mass is 499 g/mol. The number of carbonyl (C=O) groups excluding carboxylic acids is 1. The molecule has 6 heteroatoms. The lowest BCUT2D eigenvalue weighted by Crippen LogP contribution is -2.47. The summed E-state index contributed by atoms with van der Waals surface area (Å²) in [6.07, 6.45) is 8.09. The zero-order valence-corrected chi connectivity index (χ0v) is 22.4. The molecule has 0 saturated heterocycles. The van der Waals surface area contributed by atoms with Crippen molar-refractivity contribution in [1.82, 2.24) is 4.90 Å². The molecule has 3 unspecified atom stereocenters. The van der Waals surface area contributed by atoms with Gasteiger partial charge in [-0.25, -0.2) is 0 Å². The van der Waals surface area contributed by atoms with Gasteiger partial charge in [0.25, 0.3) is 0 Å². The minimum atomic E-state index is -0.684. The summed E-state index contributed by atoms with van der Waals surface area (Å²) in [5, 5.41) is 10.6. The Morgan fingerprint density at radius 2 is 1.94 bits per heavy atom. The van der Waals surface area contributed by atoms with Crippen molar-refractivity contribution in [3.8, 4) is 0 Å². The van der Waals surface area contributed by atoms with Crippen LogP contribution in [-0.4, -0.2) is 41.1 Å². The molecule has 0 aromatic heterocycles. The molecule has 190 valence electrons. The Morgan fingerprint density at radius 3 is 2.49 bits per heavy atom. The number of methoxy groups -OCH3 is 1. The summed E-state index contributed by atoms with van der Waals surface area (Å²) in [6, 6.07) is 6.30. The van der Waals surface area contributed by atoms with E-state index in [1.165, 1.54) is 0 Å². The fourth-order valence-corrected chi connectivity index (χ4v) is 7.62. The van der Waals surface area contributed by atoms with E-state index in [0.29, 0.717) is 32.3 Å². The average molecular weight is 500 g/mol. The summed E-state index contributed by atoms with van der Waals surface area (Å²) < 4.78 is 5.43. The zero-order valence-electron chi connectivity index (χ0n) is 21.7. The fraction of sp³-hybridized carbons (Fsp3) is 0.655. The molecule has 1 aliphatic heterocycles. The number of carboxylic acids is 1. The van der Waals surface area contributed by atoms with Crippen LogP contribution in [0.15, 0.2) is 30.0 Å². The maximum atomic E-state index is 13.7. The van der Waals surface area contributed by atoms with Crippen molar-refractivity contribution in [2.24, 2.45) is 16.2 Å². The Labute approximate surface area is 213 Å². The molecule has 4 aliphatic rings. The molecule has 1 N–H and O–H groups in total. The Morgan fingerprint density at radius 1 is 1.20 bits per heavy atom. The van der Waals surface area contributed by atoms with Crippen LogP contribution in [-0.2, 0) is 26.2 Å². The standard InChI is InChI=1S/C29H38ClNO4/c1-25(2,3)10-8-19-6-7-20(14-22(19)30)26(4)15-23(32)31(16-21(26)9-13-35-5)29-12-11-27(24(33)34)17-28(27,29)18-29/h6-7,14,16H,8-13,15,17-18H2,1-5H3,(H,33,34)/t26-,27?,28?,29?/m0/s1. The Bertz CT molecular complexity index is 1110. The van der Waals surface area contributed by atoms with E-state index in [1.54, 1.807) is 7.11 Å². The number of halogens is 1. The van der Waals surface area contributed by atoms with Crippen molar-refractivity contribution in [2.45, 2.75) is 90.0 Å². The highest BCUT2D eigenvalue weighted by Crippen LogP contribution is 2.92. The number of aryl methyl sites for hydroxylation is 1. The van der Waals surface area contributed by atoms with E-state index in [9.17, 15) is 14.7 Å². The minimum absolute atomic E-state index is 0.0894. The lowest BCUT2D eigenvalue weighted by atomic mass is 9.70. The Kier molecular flexibility index (Phi) is 5.55. The number of aliphatic carboxylic acids is 1. The number of rotatable bonds is 8. The number of hydrogen-bond donors (Lipinski definition) is 1. The van der Waals surface area contributed by atoms with Gasteiger partial charge in [-0.05, 0) is 73.1 Å². The van der Waals surface area contributed by atoms with Gasteiger partial charge < -0.3 is 14.7 Å². The molecule has 5 nitrogen and oxygen atoms in total. The minimum Gasteiger partial charge on any atom is -0.481 e. The van der Waals surface area contributed by atoms with Crippen LogP contribution in [0.1, 0.15) is 83.8 Å². The molecule has 35 heavy (non-hydrogen) atoms.